The lowest BCUT2D eigenvalue weighted by Gasteiger charge is -2.16. The summed E-state index contributed by atoms with van der Waals surface area (Å²) in [5.74, 6) is 0.327. The topological polar surface area (TPSA) is 71.3 Å². The Bertz CT molecular complexity index is 1250. The Morgan fingerprint density at radius 3 is 2.38 bits per heavy atom. The number of hydrogen-bond acceptors (Lipinski definition) is 4. The van der Waals surface area contributed by atoms with Crippen molar-refractivity contribution in [3.05, 3.63) is 90.8 Å². The molecule has 3 aromatic carbocycles. The second-order valence-corrected chi connectivity index (χ2v) is 8.99. The van der Waals surface area contributed by atoms with Gasteiger partial charge in [-0.2, -0.15) is 5.26 Å². The third kappa shape index (κ3) is 6.68. The molecule has 0 aromatic heterocycles. The molecule has 0 saturated heterocycles. The molecular weight excluding hydrogens is 563 g/mol. The van der Waals surface area contributed by atoms with E-state index in [0.29, 0.717) is 54.5 Å². The van der Waals surface area contributed by atoms with E-state index < -0.39 is 5.91 Å². The molecule has 0 unspecified atom stereocenters. The van der Waals surface area contributed by atoms with E-state index in [1.165, 1.54) is 6.08 Å². The summed E-state index contributed by atoms with van der Waals surface area (Å²) in [6, 6.07) is 17.2. The molecule has 0 aliphatic heterocycles. The highest BCUT2D eigenvalue weighted by Crippen LogP contribution is 2.39. The van der Waals surface area contributed by atoms with Crippen molar-refractivity contribution in [3.8, 4) is 17.6 Å². The first kappa shape index (κ1) is 25.9. The highest BCUT2D eigenvalue weighted by atomic mass is 79.9. The van der Waals surface area contributed by atoms with Crippen LogP contribution in [0, 0.1) is 11.3 Å². The van der Waals surface area contributed by atoms with Crippen LogP contribution >= 0.6 is 50.7 Å². The van der Waals surface area contributed by atoms with E-state index in [4.69, 9.17) is 44.3 Å². The Morgan fingerprint density at radius 1 is 1.09 bits per heavy atom. The Hall–Kier alpha value is -2.69. The van der Waals surface area contributed by atoms with Gasteiger partial charge >= 0.3 is 0 Å². The van der Waals surface area contributed by atoms with Gasteiger partial charge in [0.1, 0.15) is 18.2 Å². The lowest BCUT2D eigenvalue weighted by atomic mass is 10.1. The quantitative estimate of drug-likeness (QED) is 0.217. The molecule has 1 amide bonds. The second kappa shape index (κ2) is 12.1. The van der Waals surface area contributed by atoms with Gasteiger partial charge in [0.15, 0.2) is 11.5 Å². The van der Waals surface area contributed by atoms with Gasteiger partial charge in [0, 0.05) is 26.3 Å². The third-order valence-electron chi connectivity index (χ3n) is 4.53. The van der Waals surface area contributed by atoms with Crippen LogP contribution in [0.1, 0.15) is 18.1 Å². The number of carbonyl (C=O) groups excluding carboxylic acids is 1. The van der Waals surface area contributed by atoms with Gasteiger partial charge < -0.3 is 14.8 Å². The fraction of sp³-hybridized carbons (Fsp3) is 0.120. The Balaban J connectivity index is 1.86. The molecule has 0 bridgehead atoms. The molecule has 174 valence electrons. The van der Waals surface area contributed by atoms with Crippen molar-refractivity contribution in [2.75, 3.05) is 11.9 Å². The molecule has 0 radical (unpaired) electrons. The van der Waals surface area contributed by atoms with E-state index in [1.54, 1.807) is 54.6 Å². The van der Waals surface area contributed by atoms with E-state index >= 15 is 0 Å². The first-order chi connectivity index (χ1) is 16.3. The van der Waals surface area contributed by atoms with Crippen LogP contribution in [0.2, 0.25) is 15.1 Å². The van der Waals surface area contributed by atoms with Gasteiger partial charge in [-0.05, 0) is 83.0 Å². The van der Waals surface area contributed by atoms with Gasteiger partial charge in [-0.25, -0.2) is 0 Å². The Morgan fingerprint density at radius 2 is 1.76 bits per heavy atom. The van der Waals surface area contributed by atoms with Crippen LogP contribution in [0.5, 0.6) is 11.5 Å². The Kier molecular flexibility index (Phi) is 9.26. The minimum absolute atomic E-state index is 0.0826. The minimum Gasteiger partial charge on any atom is -0.490 e. The second-order valence-electron chi connectivity index (χ2n) is 6.88. The number of amides is 1. The zero-order chi connectivity index (χ0) is 24.7. The highest BCUT2D eigenvalue weighted by molar-refractivity contribution is 9.10. The normalized spacial score (nSPS) is 11.0. The molecule has 9 heteroatoms. The number of ether oxygens (including phenoxy) is 2. The van der Waals surface area contributed by atoms with E-state index in [1.807, 2.05) is 13.0 Å². The van der Waals surface area contributed by atoms with E-state index in [0.717, 1.165) is 0 Å². The van der Waals surface area contributed by atoms with E-state index in [2.05, 4.69) is 21.2 Å². The van der Waals surface area contributed by atoms with E-state index in [-0.39, 0.29) is 12.2 Å². The maximum absolute atomic E-state index is 12.6. The number of rotatable bonds is 8. The smallest absolute Gasteiger partial charge is 0.266 e. The molecule has 0 aliphatic rings. The molecule has 0 atom stereocenters. The van der Waals surface area contributed by atoms with Crippen LogP contribution in [0.25, 0.3) is 6.08 Å². The van der Waals surface area contributed by atoms with Gasteiger partial charge in [0.2, 0.25) is 0 Å². The van der Waals surface area contributed by atoms with Gasteiger partial charge in [0.05, 0.1) is 11.1 Å². The Labute approximate surface area is 221 Å². The molecule has 0 fully saturated rings. The summed E-state index contributed by atoms with van der Waals surface area (Å²) in [5, 5.41) is 13.7. The van der Waals surface area contributed by atoms with Crippen molar-refractivity contribution in [2.45, 2.75) is 13.5 Å². The lowest BCUT2D eigenvalue weighted by Crippen LogP contribution is -2.13. The number of benzene rings is 3. The molecule has 3 rings (SSSR count). The molecule has 1 N–H and O–H groups in total. The molecule has 0 aliphatic carbocycles. The summed E-state index contributed by atoms with van der Waals surface area (Å²) in [5.41, 5.74) is 1.66. The molecule has 0 saturated carbocycles. The summed E-state index contributed by atoms with van der Waals surface area (Å²) in [7, 11) is 0. The maximum atomic E-state index is 12.6. The number of halogens is 4. The third-order valence-corrected chi connectivity index (χ3v) is 6.08. The summed E-state index contributed by atoms with van der Waals surface area (Å²) in [6.07, 6.45) is 1.47. The van der Waals surface area contributed by atoms with Gasteiger partial charge in [-0.3, -0.25) is 4.79 Å². The standard InChI is InChI=1S/C25H18BrCl3N2O3/c1-2-33-23-12-15(10-16(13-30)25(32)31-18-8-6-17(27)7-9-18)11-20(26)24(23)34-14-19-21(28)4-3-5-22(19)29/h3-12H,2,14H2,1H3,(H,31,32)/b16-10-. The molecular formula is C25H18BrCl3N2O3. The van der Waals surface area contributed by atoms with E-state index in [9.17, 15) is 10.1 Å². The largest absolute Gasteiger partial charge is 0.490 e. The summed E-state index contributed by atoms with van der Waals surface area (Å²) >= 11 is 21.8. The van der Waals surface area contributed by atoms with Crippen molar-refractivity contribution < 1.29 is 14.3 Å². The number of anilines is 1. The van der Waals surface area contributed by atoms with Crippen molar-refractivity contribution in [3.63, 3.8) is 0 Å². The van der Waals surface area contributed by atoms with Crippen LogP contribution < -0.4 is 14.8 Å². The SMILES string of the molecule is CCOc1cc(/C=C(/C#N)C(=O)Nc2ccc(Cl)cc2)cc(Br)c1OCc1c(Cl)cccc1Cl. The fourth-order valence-electron chi connectivity index (χ4n) is 2.94. The minimum atomic E-state index is -0.549. The summed E-state index contributed by atoms with van der Waals surface area (Å²) < 4.78 is 12.3. The fourth-order valence-corrected chi connectivity index (χ4v) is 4.14. The summed E-state index contributed by atoms with van der Waals surface area (Å²) in [6.45, 7) is 2.34. The highest BCUT2D eigenvalue weighted by Gasteiger charge is 2.16. The monoisotopic (exact) mass is 578 g/mol. The number of nitriles is 1. The molecule has 0 heterocycles. The average Bonchev–Trinajstić information content (AvgIpc) is 2.80. The average molecular weight is 581 g/mol. The van der Waals surface area contributed by atoms with Crippen LogP contribution in [-0.2, 0) is 11.4 Å². The lowest BCUT2D eigenvalue weighted by molar-refractivity contribution is -0.112. The van der Waals surface area contributed by atoms with Gasteiger partial charge in [-0.15, -0.1) is 0 Å². The van der Waals surface area contributed by atoms with Gasteiger partial charge in [-0.1, -0.05) is 40.9 Å². The predicted octanol–water partition coefficient (Wildman–Crippen LogP) is 7.93. The number of nitrogens with one attached hydrogen (secondary N) is 1. The molecule has 5 nitrogen and oxygen atoms in total. The van der Waals surface area contributed by atoms with Crippen LogP contribution in [-0.4, -0.2) is 12.5 Å². The zero-order valence-electron chi connectivity index (χ0n) is 17.9. The van der Waals surface area contributed by atoms with Crippen molar-refractivity contribution in [1.82, 2.24) is 0 Å². The molecule has 34 heavy (non-hydrogen) atoms. The first-order valence-electron chi connectivity index (χ1n) is 10.0. The van der Waals surface area contributed by atoms with Crippen molar-refractivity contribution in [1.29, 1.82) is 5.26 Å². The summed E-state index contributed by atoms with van der Waals surface area (Å²) in [4.78, 5) is 12.6. The number of carbonyl (C=O) groups is 1. The van der Waals surface area contributed by atoms with Crippen molar-refractivity contribution >= 4 is 68.4 Å². The van der Waals surface area contributed by atoms with Crippen LogP contribution in [0.3, 0.4) is 0 Å². The maximum Gasteiger partial charge on any atom is 0.266 e. The zero-order valence-corrected chi connectivity index (χ0v) is 21.7. The first-order valence-corrected chi connectivity index (χ1v) is 12.0. The number of nitrogens with zero attached hydrogens (tertiary/aromatic N) is 1. The molecule has 0 spiro atoms. The number of hydrogen-bond donors (Lipinski definition) is 1. The molecule has 3 aromatic rings. The van der Waals surface area contributed by atoms with Gasteiger partial charge in [0.25, 0.3) is 5.91 Å². The van der Waals surface area contributed by atoms with Crippen molar-refractivity contribution in [2.24, 2.45) is 0 Å². The van der Waals surface area contributed by atoms with Crippen LogP contribution in [0.4, 0.5) is 5.69 Å². The predicted molar refractivity (Wildman–Crippen MR) is 140 cm³/mol. The van der Waals surface area contributed by atoms with Crippen LogP contribution in [0.15, 0.2) is 64.6 Å².